The average molecular weight is 231 g/mol. The van der Waals surface area contributed by atoms with Crippen LogP contribution in [0.5, 0.6) is 0 Å². The second-order valence-corrected chi connectivity index (χ2v) is 4.21. The summed E-state index contributed by atoms with van der Waals surface area (Å²) in [6, 6.07) is 0.222. The highest BCUT2D eigenvalue weighted by Gasteiger charge is 2.16. The molecule has 4 N–H and O–H groups in total. The van der Waals surface area contributed by atoms with Crippen LogP contribution in [0.4, 0.5) is 0 Å². The number of carbonyl (C=O) groups is 1. The summed E-state index contributed by atoms with van der Waals surface area (Å²) in [5, 5.41) is 12.2. The Bertz CT molecular complexity index is 198. The van der Waals surface area contributed by atoms with Gasteiger partial charge in [-0.3, -0.25) is 4.79 Å². The molecule has 0 bridgehead atoms. The fraction of sp³-hybridized carbons (Fsp3) is 0.909. The monoisotopic (exact) mass is 231 g/mol. The zero-order chi connectivity index (χ0) is 12.6. The Morgan fingerprint density at radius 3 is 2.44 bits per heavy atom. The third-order valence-electron chi connectivity index (χ3n) is 2.65. The number of hydrogen-bond donors (Lipinski definition) is 3. The first-order valence-electron chi connectivity index (χ1n) is 5.82. The van der Waals surface area contributed by atoms with Gasteiger partial charge in [0.15, 0.2) is 0 Å². The molecule has 0 saturated carbocycles. The summed E-state index contributed by atoms with van der Waals surface area (Å²) in [6.45, 7) is 2.64. The Morgan fingerprint density at radius 2 is 2.06 bits per heavy atom. The van der Waals surface area contributed by atoms with Gasteiger partial charge in [-0.05, 0) is 12.8 Å². The lowest BCUT2D eigenvalue weighted by molar-refractivity contribution is -0.129. The summed E-state index contributed by atoms with van der Waals surface area (Å²) in [4.78, 5) is 13.1. The number of nitrogens with zero attached hydrogens (tertiary/aromatic N) is 1. The van der Waals surface area contributed by atoms with Crippen LogP contribution in [0.15, 0.2) is 0 Å². The van der Waals surface area contributed by atoms with Gasteiger partial charge in [0.2, 0.25) is 5.91 Å². The first-order chi connectivity index (χ1) is 7.54. The highest BCUT2D eigenvalue weighted by molar-refractivity contribution is 5.76. The lowest BCUT2D eigenvalue weighted by atomic mass is 10.1. The predicted octanol–water partition coefficient (Wildman–Crippen LogP) is -0.457. The van der Waals surface area contributed by atoms with E-state index >= 15 is 0 Å². The van der Waals surface area contributed by atoms with E-state index in [4.69, 9.17) is 10.8 Å². The van der Waals surface area contributed by atoms with Gasteiger partial charge in [0.25, 0.3) is 0 Å². The summed E-state index contributed by atoms with van der Waals surface area (Å²) in [7, 11) is 3.47. The molecule has 0 aromatic heterocycles. The van der Waals surface area contributed by atoms with Crippen LogP contribution >= 0.6 is 0 Å². The summed E-state index contributed by atoms with van der Waals surface area (Å²) < 4.78 is 0. The number of nitrogens with two attached hydrogens (primary N) is 1. The van der Waals surface area contributed by atoms with Gasteiger partial charge in [-0.15, -0.1) is 0 Å². The molecule has 0 aliphatic rings. The Labute approximate surface area is 98.0 Å². The smallest absolute Gasteiger partial charge is 0.223 e. The van der Waals surface area contributed by atoms with E-state index in [0.29, 0.717) is 19.4 Å². The molecule has 1 amide bonds. The lowest BCUT2D eigenvalue weighted by Crippen LogP contribution is -2.45. The van der Waals surface area contributed by atoms with Crippen molar-refractivity contribution in [3.05, 3.63) is 0 Å². The number of rotatable bonds is 8. The maximum Gasteiger partial charge on any atom is 0.223 e. The molecule has 0 aromatic carbocycles. The van der Waals surface area contributed by atoms with Gasteiger partial charge < -0.3 is 21.1 Å². The van der Waals surface area contributed by atoms with Crippen LogP contribution in [0.3, 0.4) is 0 Å². The molecule has 5 heteroatoms. The molecular weight excluding hydrogens is 206 g/mol. The summed E-state index contributed by atoms with van der Waals surface area (Å²) in [5.41, 5.74) is 5.62. The molecule has 2 atom stereocenters. The molecule has 5 nitrogen and oxygen atoms in total. The third kappa shape index (κ3) is 6.05. The molecule has 0 saturated heterocycles. The van der Waals surface area contributed by atoms with E-state index in [2.05, 4.69) is 12.2 Å². The van der Waals surface area contributed by atoms with E-state index in [1.54, 1.807) is 19.0 Å². The Kier molecular flexibility index (Phi) is 8.15. The van der Waals surface area contributed by atoms with Crippen LogP contribution in [0, 0.1) is 0 Å². The number of aliphatic hydroxyl groups excluding tert-OH is 1. The molecule has 0 aliphatic carbocycles. The van der Waals surface area contributed by atoms with Crippen molar-refractivity contribution < 1.29 is 9.90 Å². The van der Waals surface area contributed by atoms with Crippen molar-refractivity contribution in [1.82, 2.24) is 10.2 Å². The zero-order valence-electron chi connectivity index (χ0n) is 10.6. The van der Waals surface area contributed by atoms with Crippen molar-refractivity contribution >= 4 is 5.91 Å². The van der Waals surface area contributed by atoms with Crippen LogP contribution in [0.2, 0.25) is 0 Å². The van der Waals surface area contributed by atoms with E-state index < -0.39 is 0 Å². The highest BCUT2D eigenvalue weighted by Crippen LogP contribution is 2.02. The summed E-state index contributed by atoms with van der Waals surface area (Å²) in [6.07, 6.45) is 2.03. The number of carbonyl (C=O) groups excluding carboxylic acids is 1. The van der Waals surface area contributed by atoms with E-state index in [0.717, 1.165) is 6.42 Å². The molecule has 16 heavy (non-hydrogen) atoms. The maximum atomic E-state index is 11.5. The van der Waals surface area contributed by atoms with Crippen LogP contribution in [0.25, 0.3) is 0 Å². The normalized spacial score (nSPS) is 14.6. The van der Waals surface area contributed by atoms with E-state index in [1.807, 2.05) is 0 Å². The highest BCUT2D eigenvalue weighted by atomic mass is 16.3. The quantitative estimate of drug-likeness (QED) is 0.528. The van der Waals surface area contributed by atoms with Crippen molar-refractivity contribution in [1.29, 1.82) is 0 Å². The van der Waals surface area contributed by atoms with Crippen LogP contribution < -0.4 is 11.1 Å². The fourth-order valence-electron chi connectivity index (χ4n) is 1.50. The van der Waals surface area contributed by atoms with E-state index in [9.17, 15) is 4.79 Å². The van der Waals surface area contributed by atoms with Crippen LogP contribution in [-0.4, -0.2) is 55.2 Å². The van der Waals surface area contributed by atoms with E-state index in [-0.39, 0.29) is 24.6 Å². The molecule has 0 rings (SSSR count). The molecule has 0 radical (unpaired) electrons. The minimum Gasteiger partial charge on any atom is -0.396 e. The first kappa shape index (κ1) is 15.3. The largest absolute Gasteiger partial charge is 0.396 e. The van der Waals surface area contributed by atoms with E-state index in [1.165, 1.54) is 0 Å². The van der Waals surface area contributed by atoms with Crippen molar-refractivity contribution in [2.45, 2.75) is 38.3 Å². The predicted molar refractivity (Wildman–Crippen MR) is 65.1 cm³/mol. The first-order valence-corrected chi connectivity index (χ1v) is 5.82. The van der Waals surface area contributed by atoms with Crippen LogP contribution in [-0.2, 0) is 4.79 Å². The Balaban J connectivity index is 4.12. The number of hydrogen-bond acceptors (Lipinski definition) is 4. The molecular formula is C11H25N3O2. The van der Waals surface area contributed by atoms with Gasteiger partial charge in [-0.2, -0.15) is 0 Å². The number of amides is 1. The van der Waals surface area contributed by atoms with Crippen molar-refractivity contribution in [3.8, 4) is 0 Å². The standard InChI is InChI=1S/C11H25N3O2/c1-4-9(5-6-15)13-10(8-12)7-11(16)14(2)3/h9-10,13,15H,4-8,12H2,1-3H3. The van der Waals surface area contributed by atoms with Gasteiger partial charge in [0.1, 0.15) is 0 Å². The Morgan fingerprint density at radius 1 is 1.44 bits per heavy atom. The minimum atomic E-state index is -0.00796. The zero-order valence-corrected chi connectivity index (χ0v) is 10.6. The molecule has 2 unspecified atom stereocenters. The number of aliphatic hydroxyl groups is 1. The SMILES string of the molecule is CCC(CCO)NC(CN)CC(=O)N(C)C. The van der Waals surface area contributed by atoms with Gasteiger partial charge in [0, 0.05) is 45.8 Å². The molecule has 0 heterocycles. The summed E-state index contributed by atoms with van der Waals surface area (Å²) >= 11 is 0. The van der Waals surface area contributed by atoms with Crippen LogP contribution in [0.1, 0.15) is 26.2 Å². The van der Waals surface area contributed by atoms with Crippen molar-refractivity contribution in [2.75, 3.05) is 27.2 Å². The fourth-order valence-corrected chi connectivity index (χ4v) is 1.50. The average Bonchev–Trinajstić information content (AvgIpc) is 2.26. The second kappa shape index (κ2) is 8.50. The second-order valence-electron chi connectivity index (χ2n) is 4.21. The van der Waals surface area contributed by atoms with Gasteiger partial charge in [-0.25, -0.2) is 0 Å². The molecule has 0 aliphatic heterocycles. The lowest BCUT2D eigenvalue weighted by Gasteiger charge is -2.24. The topological polar surface area (TPSA) is 78.6 Å². The summed E-state index contributed by atoms with van der Waals surface area (Å²) in [5.74, 6) is 0.0711. The van der Waals surface area contributed by atoms with Crippen molar-refractivity contribution in [2.24, 2.45) is 5.73 Å². The maximum absolute atomic E-state index is 11.5. The molecule has 0 spiro atoms. The van der Waals surface area contributed by atoms with Gasteiger partial charge >= 0.3 is 0 Å². The third-order valence-corrected chi connectivity index (χ3v) is 2.65. The molecule has 0 fully saturated rings. The Hall–Kier alpha value is -0.650. The minimum absolute atomic E-state index is 0.00796. The molecule has 96 valence electrons. The van der Waals surface area contributed by atoms with Crippen molar-refractivity contribution in [3.63, 3.8) is 0 Å². The van der Waals surface area contributed by atoms with Gasteiger partial charge in [0.05, 0.1) is 0 Å². The number of nitrogens with one attached hydrogen (secondary N) is 1. The van der Waals surface area contributed by atoms with Gasteiger partial charge in [-0.1, -0.05) is 6.92 Å². The molecule has 0 aromatic rings.